The molecule has 0 amide bonds. The maximum absolute atomic E-state index is 13.4. The van der Waals surface area contributed by atoms with Crippen LogP contribution in [-0.4, -0.2) is 50.5 Å². The molecule has 6 heteroatoms. The third-order valence-corrected chi connectivity index (χ3v) is 12.1. The Bertz CT molecular complexity index is 661. The standard InChI is InChI=1S/C20H34O3SSi2/c1-19(2,3)26(7,8)23-20(9-10-25(4,5)6)17(21)11-15-13-24-14-16(15)12-18(20)22/h11,16,18,22H,12-14H2,1-8H3/t16-,18-,20-/m0/s1. The van der Waals surface area contributed by atoms with Gasteiger partial charge in [0.2, 0.25) is 11.4 Å². The molecule has 0 aromatic heterocycles. The summed E-state index contributed by atoms with van der Waals surface area (Å²) in [7, 11) is -4.03. The fourth-order valence-corrected chi connectivity index (χ4v) is 6.19. The van der Waals surface area contributed by atoms with Gasteiger partial charge in [0.1, 0.15) is 14.2 Å². The van der Waals surface area contributed by atoms with Crippen LogP contribution in [0.5, 0.6) is 0 Å². The number of rotatable bonds is 2. The molecule has 0 radical (unpaired) electrons. The molecule has 1 heterocycles. The molecule has 0 bridgehead atoms. The van der Waals surface area contributed by atoms with Crippen molar-refractivity contribution in [2.75, 3.05) is 11.5 Å². The van der Waals surface area contributed by atoms with Crippen LogP contribution in [-0.2, 0) is 9.22 Å². The summed E-state index contributed by atoms with van der Waals surface area (Å²) in [6.07, 6.45) is 1.41. The van der Waals surface area contributed by atoms with Crippen LogP contribution in [0, 0.1) is 17.4 Å². The van der Waals surface area contributed by atoms with E-state index in [-0.39, 0.29) is 16.7 Å². The highest BCUT2D eigenvalue weighted by Gasteiger charge is 2.53. The van der Waals surface area contributed by atoms with Crippen molar-refractivity contribution in [3.8, 4) is 11.5 Å². The lowest BCUT2D eigenvalue weighted by Crippen LogP contribution is -2.58. The van der Waals surface area contributed by atoms with Gasteiger partial charge in [-0.25, -0.2) is 0 Å². The van der Waals surface area contributed by atoms with E-state index in [1.807, 2.05) is 11.8 Å². The number of fused-ring (bicyclic) bond motifs is 1. The molecule has 1 aliphatic carbocycles. The van der Waals surface area contributed by atoms with E-state index in [0.717, 1.165) is 17.1 Å². The highest BCUT2D eigenvalue weighted by atomic mass is 32.2. The molecule has 3 nitrogen and oxygen atoms in total. The normalized spacial score (nSPS) is 30.2. The molecular weight excluding hydrogens is 376 g/mol. The Morgan fingerprint density at radius 1 is 1.27 bits per heavy atom. The van der Waals surface area contributed by atoms with Gasteiger partial charge in [-0.05, 0) is 36.5 Å². The summed E-state index contributed by atoms with van der Waals surface area (Å²) in [5.41, 5.74) is 3.07. The van der Waals surface area contributed by atoms with E-state index in [0.29, 0.717) is 6.42 Å². The summed E-state index contributed by atoms with van der Waals surface area (Å²) >= 11 is 1.84. The molecule has 146 valence electrons. The predicted octanol–water partition coefficient (Wildman–Crippen LogP) is 4.25. The van der Waals surface area contributed by atoms with Gasteiger partial charge in [-0.2, -0.15) is 11.8 Å². The Morgan fingerprint density at radius 3 is 2.42 bits per heavy atom. The topological polar surface area (TPSA) is 46.5 Å². The van der Waals surface area contributed by atoms with E-state index < -0.39 is 28.1 Å². The maximum atomic E-state index is 13.4. The van der Waals surface area contributed by atoms with Crippen molar-refractivity contribution in [1.29, 1.82) is 0 Å². The summed E-state index contributed by atoms with van der Waals surface area (Å²) in [6.45, 7) is 17.1. The van der Waals surface area contributed by atoms with Crippen LogP contribution in [0.2, 0.25) is 37.8 Å². The summed E-state index contributed by atoms with van der Waals surface area (Å²) < 4.78 is 6.63. The fraction of sp³-hybridized carbons (Fsp3) is 0.750. The molecule has 0 aromatic rings. The van der Waals surface area contributed by atoms with Crippen LogP contribution < -0.4 is 0 Å². The minimum absolute atomic E-state index is 0.0635. The van der Waals surface area contributed by atoms with Gasteiger partial charge < -0.3 is 9.53 Å². The fourth-order valence-electron chi connectivity index (χ4n) is 2.92. The molecule has 0 aromatic carbocycles. The summed E-state index contributed by atoms with van der Waals surface area (Å²) in [5.74, 6) is 5.16. The second-order valence-electron chi connectivity index (χ2n) is 10.1. The Morgan fingerprint density at radius 2 is 1.88 bits per heavy atom. The molecule has 0 spiro atoms. The second-order valence-corrected chi connectivity index (χ2v) is 20.7. The van der Waals surface area contributed by atoms with E-state index in [9.17, 15) is 9.90 Å². The third kappa shape index (κ3) is 4.56. The average Bonchev–Trinajstić information content (AvgIpc) is 2.84. The van der Waals surface area contributed by atoms with Crippen molar-refractivity contribution in [3.63, 3.8) is 0 Å². The Kier molecular flexibility index (Phi) is 6.13. The predicted molar refractivity (Wildman–Crippen MR) is 117 cm³/mol. The van der Waals surface area contributed by atoms with Crippen molar-refractivity contribution in [2.45, 2.75) is 76.7 Å². The zero-order valence-electron chi connectivity index (χ0n) is 17.5. The van der Waals surface area contributed by atoms with Gasteiger partial charge in [-0.3, -0.25) is 4.79 Å². The first-order valence-electron chi connectivity index (χ1n) is 9.43. The average molecular weight is 411 g/mol. The molecule has 1 aliphatic heterocycles. The van der Waals surface area contributed by atoms with E-state index in [1.54, 1.807) is 6.08 Å². The van der Waals surface area contributed by atoms with Crippen LogP contribution in [0.25, 0.3) is 0 Å². The van der Waals surface area contributed by atoms with Gasteiger partial charge in [0.05, 0.1) is 0 Å². The van der Waals surface area contributed by atoms with Crippen LogP contribution >= 0.6 is 11.8 Å². The number of carbonyl (C=O) groups is 1. The summed E-state index contributed by atoms with van der Waals surface area (Å²) in [6, 6.07) is 0. The molecule has 3 atom stereocenters. The Balaban J connectivity index is 2.57. The molecule has 2 aliphatic rings. The zero-order valence-corrected chi connectivity index (χ0v) is 20.3. The second kappa shape index (κ2) is 7.25. The van der Waals surface area contributed by atoms with Gasteiger partial charge in [-0.15, -0.1) is 5.54 Å². The van der Waals surface area contributed by atoms with Crippen molar-refractivity contribution in [2.24, 2.45) is 5.92 Å². The van der Waals surface area contributed by atoms with Gasteiger partial charge in [0.25, 0.3) is 0 Å². The quantitative estimate of drug-likeness (QED) is 0.546. The molecule has 0 unspecified atom stereocenters. The molecule has 1 fully saturated rings. The summed E-state index contributed by atoms with van der Waals surface area (Å²) in [5, 5.41) is 11.1. The van der Waals surface area contributed by atoms with Crippen LogP contribution in [0.3, 0.4) is 0 Å². The molecule has 0 saturated carbocycles. The van der Waals surface area contributed by atoms with Gasteiger partial charge in [0, 0.05) is 11.5 Å². The number of thioether (sulfide) groups is 1. The van der Waals surface area contributed by atoms with Crippen molar-refractivity contribution >= 4 is 33.9 Å². The van der Waals surface area contributed by atoms with E-state index in [2.05, 4.69) is 65.0 Å². The van der Waals surface area contributed by atoms with Gasteiger partial charge >= 0.3 is 0 Å². The largest absolute Gasteiger partial charge is 0.393 e. The molecule has 26 heavy (non-hydrogen) atoms. The SMILES string of the molecule is CC(C)(C)[Si](C)(C)O[C@@]1(C#C[Si](C)(C)C)C(=O)C=C2CSC[C@@H]2C[C@@H]1O. The first kappa shape index (κ1) is 22.0. The maximum Gasteiger partial charge on any atom is 0.207 e. The van der Waals surface area contributed by atoms with Crippen molar-refractivity contribution < 1.29 is 14.3 Å². The number of hydrogen-bond donors (Lipinski definition) is 1. The van der Waals surface area contributed by atoms with Crippen LogP contribution in [0.1, 0.15) is 27.2 Å². The van der Waals surface area contributed by atoms with Crippen LogP contribution in [0.15, 0.2) is 11.6 Å². The first-order chi connectivity index (χ1) is 11.7. The zero-order chi connectivity index (χ0) is 20.0. The minimum atomic E-state index is -2.31. The van der Waals surface area contributed by atoms with E-state index in [1.165, 1.54) is 0 Å². The van der Waals surface area contributed by atoms with Gasteiger partial charge in [-0.1, -0.05) is 51.9 Å². The van der Waals surface area contributed by atoms with Crippen molar-refractivity contribution in [3.05, 3.63) is 11.6 Å². The lowest BCUT2D eigenvalue weighted by atomic mass is 9.89. The molecule has 2 rings (SSSR count). The van der Waals surface area contributed by atoms with Crippen molar-refractivity contribution in [1.82, 2.24) is 0 Å². The smallest absolute Gasteiger partial charge is 0.207 e. The molecular formula is C20H34O3SSi2. The number of aliphatic hydroxyl groups excluding tert-OH is 1. The van der Waals surface area contributed by atoms with Gasteiger partial charge in [0.15, 0.2) is 8.32 Å². The monoisotopic (exact) mass is 410 g/mol. The third-order valence-electron chi connectivity index (χ3n) is 5.62. The molecule has 1 N–H and O–H groups in total. The number of carbonyl (C=O) groups excluding carboxylic acids is 1. The summed E-state index contributed by atoms with van der Waals surface area (Å²) in [4.78, 5) is 13.4. The number of ketones is 1. The lowest BCUT2D eigenvalue weighted by molar-refractivity contribution is -0.134. The Hall–Kier alpha value is -0.326. The minimum Gasteiger partial charge on any atom is -0.393 e. The van der Waals surface area contributed by atoms with E-state index in [4.69, 9.17) is 4.43 Å². The highest BCUT2D eigenvalue weighted by molar-refractivity contribution is 7.99. The Labute approximate surface area is 165 Å². The van der Waals surface area contributed by atoms with Crippen LogP contribution in [0.4, 0.5) is 0 Å². The molecule has 1 saturated heterocycles. The first-order valence-corrected chi connectivity index (χ1v) is 17.0. The lowest BCUT2D eigenvalue weighted by Gasteiger charge is -2.44. The highest BCUT2D eigenvalue weighted by Crippen LogP contribution is 2.44. The number of hydrogen-bond acceptors (Lipinski definition) is 4. The van der Waals surface area contributed by atoms with E-state index >= 15 is 0 Å². The number of aliphatic hydroxyl groups is 1.